The molecule has 0 amide bonds. The Hall–Kier alpha value is -1.87. The molecule has 2 heterocycles. The monoisotopic (exact) mass is 494 g/mol. The second kappa shape index (κ2) is 11.2. The summed E-state index contributed by atoms with van der Waals surface area (Å²) in [6.45, 7) is 5.78. The molecule has 1 aromatic heterocycles. The van der Waals surface area contributed by atoms with Crippen LogP contribution in [0.2, 0.25) is 0 Å². The number of aromatic nitrogens is 1. The number of anilines is 1. The third-order valence-electron chi connectivity index (χ3n) is 4.92. The quantitative estimate of drug-likeness (QED) is 0.394. The van der Waals surface area contributed by atoms with Crippen LogP contribution in [0, 0.1) is 0 Å². The summed E-state index contributed by atoms with van der Waals surface area (Å²) in [4.78, 5) is 15.8. The number of nitrogens with zero attached hydrogens (tertiary/aromatic N) is 5. The normalized spacial score (nSPS) is 15.1. The van der Waals surface area contributed by atoms with Crippen LogP contribution in [-0.2, 0) is 13.1 Å². The van der Waals surface area contributed by atoms with Crippen molar-refractivity contribution >= 4 is 35.8 Å². The number of hydrogen-bond donors (Lipinski definition) is 1. The summed E-state index contributed by atoms with van der Waals surface area (Å²) in [6.07, 6.45) is 1.90. The smallest absolute Gasteiger partial charge is 0.193 e. The van der Waals surface area contributed by atoms with Crippen LogP contribution in [0.3, 0.4) is 0 Å². The lowest BCUT2D eigenvalue weighted by atomic mass is 10.2. The van der Waals surface area contributed by atoms with Crippen molar-refractivity contribution in [2.24, 2.45) is 4.99 Å². The summed E-state index contributed by atoms with van der Waals surface area (Å²) in [5, 5.41) is 3.46. The Morgan fingerprint density at radius 3 is 2.50 bits per heavy atom. The Balaban J connectivity index is 0.00000280. The molecule has 6 nitrogen and oxygen atoms in total. The third-order valence-corrected chi connectivity index (χ3v) is 4.92. The number of rotatable bonds is 5. The van der Waals surface area contributed by atoms with Gasteiger partial charge in [-0.05, 0) is 30.3 Å². The molecule has 28 heavy (non-hydrogen) atoms. The highest BCUT2D eigenvalue weighted by molar-refractivity contribution is 14.0. The van der Waals surface area contributed by atoms with Crippen molar-refractivity contribution in [1.29, 1.82) is 0 Å². The van der Waals surface area contributed by atoms with E-state index in [1.165, 1.54) is 11.1 Å². The minimum atomic E-state index is 0. The van der Waals surface area contributed by atoms with Crippen molar-refractivity contribution in [3.8, 4) is 0 Å². The summed E-state index contributed by atoms with van der Waals surface area (Å²) in [6, 6.07) is 14.7. The SMILES string of the molecule is CN=C(NCc1ccnc(N2CCN(C)CC2)c1)N(C)Cc1ccccc1.I. The lowest BCUT2D eigenvalue weighted by molar-refractivity contribution is 0.312. The fraction of sp³-hybridized carbons (Fsp3) is 0.429. The van der Waals surface area contributed by atoms with Crippen LogP contribution < -0.4 is 10.2 Å². The Labute approximate surface area is 185 Å². The summed E-state index contributed by atoms with van der Waals surface area (Å²) < 4.78 is 0. The molecule has 0 spiro atoms. The van der Waals surface area contributed by atoms with Crippen molar-refractivity contribution in [3.05, 3.63) is 59.8 Å². The van der Waals surface area contributed by atoms with Gasteiger partial charge in [0.1, 0.15) is 5.82 Å². The van der Waals surface area contributed by atoms with Gasteiger partial charge in [-0.1, -0.05) is 30.3 Å². The molecule has 0 bridgehead atoms. The predicted molar refractivity (Wildman–Crippen MR) is 127 cm³/mol. The standard InChI is InChI=1S/C21H30N6.HI/c1-22-21(26(3)17-18-7-5-4-6-8-18)24-16-19-9-10-23-20(15-19)27-13-11-25(2)12-14-27;/h4-10,15H,11-14,16-17H2,1-3H3,(H,22,24);1H. The highest BCUT2D eigenvalue weighted by Crippen LogP contribution is 2.15. The number of hydrogen-bond acceptors (Lipinski definition) is 4. The zero-order chi connectivity index (χ0) is 19.1. The zero-order valence-corrected chi connectivity index (χ0v) is 19.3. The average molecular weight is 494 g/mol. The maximum Gasteiger partial charge on any atom is 0.193 e. The Morgan fingerprint density at radius 1 is 1.11 bits per heavy atom. The first-order valence-corrected chi connectivity index (χ1v) is 9.50. The van der Waals surface area contributed by atoms with Crippen molar-refractivity contribution in [3.63, 3.8) is 0 Å². The molecule has 0 atom stereocenters. The van der Waals surface area contributed by atoms with Crippen LogP contribution in [0.4, 0.5) is 5.82 Å². The van der Waals surface area contributed by atoms with E-state index in [9.17, 15) is 0 Å². The molecule has 1 fully saturated rings. The fourth-order valence-electron chi connectivity index (χ4n) is 3.28. The summed E-state index contributed by atoms with van der Waals surface area (Å²) in [5.41, 5.74) is 2.48. The number of guanidine groups is 1. The minimum Gasteiger partial charge on any atom is -0.354 e. The summed E-state index contributed by atoms with van der Waals surface area (Å²) in [5.74, 6) is 1.95. The highest BCUT2D eigenvalue weighted by atomic mass is 127. The molecular formula is C21H31IN6. The van der Waals surface area contributed by atoms with E-state index >= 15 is 0 Å². The number of likely N-dealkylation sites (N-methyl/N-ethyl adjacent to an activating group) is 1. The van der Waals surface area contributed by atoms with E-state index in [4.69, 9.17) is 0 Å². The predicted octanol–water partition coefficient (Wildman–Crippen LogP) is 2.66. The van der Waals surface area contributed by atoms with Gasteiger partial charge in [0.2, 0.25) is 0 Å². The van der Waals surface area contributed by atoms with Gasteiger partial charge in [-0.3, -0.25) is 4.99 Å². The zero-order valence-electron chi connectivity index (χ0n) is 17.0. The van der Waals surface area contributed by atoms with Gasteiger partial charge in [-0.2, -0.15) is 0 Å². The molecule has 0 saturated carbocycles. The Bertz CT molecular complexity index is 744. The molecule has 0 unspecified atom stereocenters. The Morgan fingerprint density at radius 2 is 1.82 bits per heavy atom. The fourth-order valence-corrected chi connectivity index (χ4v) is 3.28. The topological polar surface area (TPSA) is 47.0 Å². The molecule has 0 aliphatic carbocycles. The van der Waals surface area contributed by atoms with Crippen LogP contribution in [0.1, 0.15) is 11.1 Å². The molecule has 1 aromatic carbocycles. The maximum atomic E-state index is 4.57. The minimum absolute atomic E-state index is 0. The van der Waals surface area contributed by atoms with Gasteiger partial charge in [-0.15, -0.1) is 24.0 Å². The van der Waals surface area contributed by atoms with Crippen molar-refractivity contribution in [2.75, 3.05) is 52.2 Å². The molecule has 2 aromatic rings. The number of halogens is 1. The lowest BCUT2D eigenvalue weighted by Gasteiger charge is -2.33. The van der Waals surface area contributed by atoms with Gasteiger partial charge < -0.3 is 20.0 Å². The van der Waals surface area contributed by atoms with Crippen LogP contribution in [0.25, 0.3) is 0 Å². The van der Waals surface area contributed by atoms with Crippen molar-refractivity contribution in [2.45, 2.75) is 13.1 Å². The van der Waals surface area contributed by atoms with Crippen molar-refractivity contribution < 1.29 is 0 Å². The molecule has 7 heteroatoms. The number of pyridine rings is 1. The second-order valence-corrected chi connectivity index (χ2v) is 7.06. The maximum absolute atomic E-state index is 4.57. The van der Waals surface area contributed by atoms with Crippen LogP contribution in [0.15, 0.2) is 53.7 Å². The van der Waals surface area contributed by atoms with E-state index in [1.54, 1.807) is 0 Å². The van der Waals surface area contributed by atoms with Gasteiger partial charge in [0.15, 0.2) is 5.96 Å². The Kier molecular flexibility index (Phi) is 8.98. The van der Waals surface area contributed by atoms with E-state index in [2.05, 4.69) is 80.5 Å². The van der Waals surface area contributed by atoms with Gasteiger partial charge in [-0.25, -0.2) is 4.98 Å². The van der Waals surface area contributed by atoms with Crippen LogP contribution in [-0.4, -0.2) is 68.1 Å². The second-order valence-electron chi connectivity index (χ2n) is 7.06. The molecule has 1 saturated heterocycles. The molecule has 1 aliphatic rings. The van der Waals surface area contributed by atoms with Gasteiger partial charge in [0.05, 0.1) is 0 Å². The van der Waals surface area contributed by atoms with Crippen molar-refractivity contribution in [1.82, 2.24) is 20.1 Å². The molecule has 152 valence electrons. The first-order valence-electron chi connectivity index (χ1n) is 9.50. The number of aliphatic imine (C=N–C) groups is 1. The van der Waals surface area contributed by atoms with E-state index in [-0.39, 0.29) is 24.0 Å². The number of nitrogens with one attached hydrogen (secondary N) is 1. The number of benzene rings is 1. The molecule has 3 rings (SSSR count). The largest absolute Gasteiger partial charge is 0.354 e. The third kappa shape index (κ3) is 6.34. The number of piperazine rings is 1. The van der Waals surface area contributed by atoms with Crippen LogP contribution >= 0.6 is 24.0 Å². The van der Waals surface area contributed by atoms with E-state index in [0.29, 0.717) is 0 Å². The molecule has 1 N–H and O–H groups in total. The van der Waals surface area contributed by atoms with Crippen LogP contribution in [0.5, 0.6) is 0 Å². The summed E-state index contributed by atoms with van der Waals surface area (Å²) in [7, 11) is 6.05. The summed E-state index contributed by atoms with van der Waals surface area (Å²) >= 11 is 0. The highest BCUT2D eigenvalue weighted by Gasteiger charge is 2.15. The van der Waals surface area contributed by atoms with E-state index < -0.39 is 0 Å². The van der Waals surface area contributed by atoms with Gasteiger partial charge in [0.25, 0.3) is 0 Å². The first kappa shape index (κ1) is 22.4. The van der Waals surface area contributed by atoms with Gasteiger partial charge >= 0.3 is 0 Å². The lowest BCUT2D eigenvalue weighted by Crippen LogP contribution is -2.44. The molecular weight excluding hydrogens is 463 g/mol. The average Bonchev–Trinajstić information content (AvgIpc) is 2.70. The van der Waals surface area contributed by atoms with E-state index in [1.807, 2.05) is 19.3 Å². The van der Waals surface area contributed by atoms with Gasteiger partial charge in [0, 0.05) is 59.6 Å². The molecule has 0 radical (unpaired) electrons. The van der Waals surface area contributed by atoms with E-state index in [0.717, 1.165) is 51.0 Å². The first-order chi connectivity index (χ1) is 13.2. The molecule has 1 aliphatic heterocycles.